The number of carbonyl (C=O) groups excluding carboxylic acids is 2. The van der Waals surface area contributed by atoms with Crippen LogP contribution in [0.4, 0.5) is 5.69 Å². The van der Waals surface area contributed by atoms with E-state index in [1.54, 1.807) is 24.3 Å². The summed E-state index contributed by atoms with van der Waals surface area (Å²) >= 11 is 0. The Morgan fingerprint density at radius 2 is 2.00 bits per heavy atom. The number of rotatable bonds is 6. The van der Waals surface area contributed by atoms with Crippen LogP contribution < -0.4 is 11.1 Å². The Labute approximate surface area is 106 Å². The SMILES string of the molecule is CC(C)OCC(=O)Nc1ccccc1CC(N)=O. The van der Waals surface area contributed by atoms with Gasteiger partial charge < -0.3 is 15.8 Å². The van der Waals surface area contributed by atoms with Crippen LogP contribution in [-0.2, 0) is 20.7 Å². The number of carbonyl (C=O) groups is 2. The minimum Gasteiger partial charge on any atom is -0.369 e. The van der Waals surface area contributed by atoms with Gasteiger partial charge in [0.25, 0.3) is 0 Å². The van der Waals surface area contributed by atoms with Crippen molar-refractivity contribution in [2.75, 3.05) is 11.9 Å². The molecule has 0 unspecified atom stereocenters. The highest BCUT2D eigenvalue weighted by Gasteiger charge is 2.09. The van der Waals surface area contributed by atoms with E-state index in [0.29, 0.717) is 11.3 Å². The van der Waals surface area contributed by atoms with Crippen LogP contribution >= 0.6 is 0 Å². The van der Waals surface area contributed by atoms with E-state index in [0.717, 1.165) is 0 Å². The van der Waals surface area contributed by atoms with Crippen molar-refractivity contribution in [2.45, 2.75) is 26.4 Å². The van der Waals surface area contributed by atoms with Gasteiger partial charge in [0.2, 0.25) is 11.8 Å². The first-order valence-corrected chi connectivity index (χ1v) is 5.76. The van der Waals surface area contributed by atoms with Crippen LogP contribution in [0.1, 0.15) is 19.4 Å². The molecule has 0 saturated carbocycles. The first kappa shape index (κ1) is 14.2. The van der Waals surface area contributed by atoms with Crippen LogP contribution in [0.5, 0.6) is 0 Å². The number of primary amides is 1. The van der Waals surface area contributed by atoms with Gasteiger partial charge in [0.15, 0.2) is 0 Å². The summed E-state index contributed by atoms with van der Waals surface area (Å²) in [6.45, 7) is 3.70. The van der Waals surface area contributed by atoms with Crippen LogP contribution in [0.2, 0.25) is 0 Å². The zero-order chi connectivity index (χ0) is 13.5. The number of hydrogen-bond acceptors (Lipinski definition) is 3. The third-order valence-electron chi connectivity index (χ3n) is 2.20. The molecule has 3 N–H and O–H groups in total. The molecule has 0 spiro atoms. The van der Waals surface area contributed by atoms with Gasteiger partial charge in [-0.3, -0.25) is 9.59 Å². The van der Waals surface area contributed by atoms with Crippen molar-refractivity contribution < 1.29 is 14.3 Å². The van der Waals surface area contributed by atoms with E-state index < -0.39 is 5.91 Å². The topological polar surface area (TPSA) is 81.4 Å². The molecule has 1 aromatic carbocycles. The molecule has 5 nitrogen and oxygen atoms in total. The lowest BCUT2D eigenvalue weighted by Gasteiger charge is -2.11. The molecule has 0 heterocycles. The van der Waals surface area contributed by atoms with Crippen molar-refractivity contribution in [3.63, 3.8) is 0 Å². The summed E-state index contributed by atoms with van der Waals surface area (Å²) in [5.74, 6) is -0.684. The smallest absolute Gasteiger partial charge is 0.250 e. The molecule has 0 aliphatic carbocycles. The Morgan fingerprint density at radius 1 is 1.33 bits per heavy atom. The summed E-state index contributed by atoms with van der Waals surface area (Å²) < 4.78 is 5.19. The third-order valence-corrected chi connectivity index (χ3v) is 2.20. The summed E-state index contributed by atoms with van der Waals surface area (Å²) in [6, 6.07) is 7.05. The lowest BCUT2D eigenvalue weighted by Crippen LogP contribution is -2.22. The maximum absolute atomic E-state index is 11.6. The average molecular weight is 250 g/mol. The molecule has 0 aliphatic heterocycles. The highest BCUT2D eigenvalue weighted by atomic mass is 16.5. The predicted octanol–water partition coefficient (Wildman–Crippen LogP) is 1.08. The minimum absolute atomic E-state index is 0.00314. The van der Waals surface area contributed by atoms with Crippen molar-refractivity contribution in [3.05, 3.63) is 29.8 Å². The largest absolute Gasteiger partial charge is 0.369 e. The van der Waals surface area contributed by atoms with E-state index >= 15 is 0 Å². The quantitative estimate of drug-likeness (QED) is 0.792. The van der Waals surface area contributed by atoms with Gasteiger partial charge in [-0.05, 0) is 25.5 Å². The Balaban J connectivity index is 2.65. The number of ether oxygens (including phenoxy) is 1. The standard InChI is InChI=1S/C13H18N2O3/c1-9(2)18-8-13(17)15-11-6-4-3-5-10(11)7-12(14)16/h3-6,9H,7-8H2,1-2H3,(H2,14,16)(H,15,17). The Bertz CT molecular complexity index is 430. The van der Waals surface area contributed by atoms with Gasteiger partial charge in [-0.1, -0.05) is 18.2 Å². The van der Waals surface area contributed by atoms with Crippen molar-refractivity contribution in [1.29, 1.82) is 0 Å². The molecule has 0 aromatic heterocycles. The number of nitrogens with one attached hydrogen (secondary N) is 1. The molecule has 2 amide bonds. The second kappa shape index (κ2) is 6.76. The predicted molar refractivity (Wildman–Crippen MR) is 69.1 cm³/mol. The average Bonchev–Trinajstić information content (AvgIpc) is 2.28. The molecule has 0 bridgehead atoms. The highest BCUT2D eigenvalue weighted by Crippen LogP contribution is 2.15. The number of anilines is 1. The summed E-state index contributed by atoms with van der Waals surface area (Å²) in [7, 11) is 0. The van der Waals surface area contributed by atoms with E-state index in [2.05, 4.69) is 5.32 Å². The molecule has 5 heteroatoms. The molecular weight excluding hydrogens is 232 g/mol. The van der Waals surface area contributed by atoms with Crippen LogP contribution in [0.3, 0.4) is 0 Å². The molecule has 1 aromatic rings. The molecule has 0 radical (unpaired) electrons. The van der Waals surface area contributed by atoms with Crippen molar-refractivity contribution >= 4 is 17.5 Å². The second-order valence-corrected chi connectivity index (χ2v) is 4.21. The number of nitrogens with two attached hydrogens (primary N) is 1. The van der Waals surface area contributed by atoms with Crippen molar-refractivity contribution in [3.8, 4) is 0 Å². The monoisotopic (exact) mass is 250 g/mol. The first-order chi connectivity index (χ1) is 8.49. The lowest BCUT2D eigenvalue weighted by molar-refractivity contribution is -0.122. The van der Waals surface area contributed by atoms with Crippen molar-refractivity contribution in [2.24, 2.45) is 5.73 Å². The van der Waals surface area contributed by atoms with Gasteiger partial charge in [0.05, 0.1) is 12.5 Å². The first-order valence-electron chi connectivity index (χ1n) is 5.76. The number of amides is 2. The molecule has 0 atom stereocenters. The fourth-order valence-electron chi connectivity index (χ4n) is 1.41. The summed E-state index contributed by atoms with van der Waals surface area (Å²) in [5.41, 5.74) is 6.43. The zero-order valence-corrected chi connectivity index (χ0v) is 10.6. The van der Waals surface area contributed by atoms with E-state index in [-0.39, 0.29) is 25.0 Å². The Hall–Kier alpha value is -1.88. The number of para-hydroxylation sites is 1. The highest BCUT2D eigenvalue weighted by molar-refractivity contribution is 5.93. The number of hydrogen-bond donors (Lipinski definition) is 2. The van der Waals surface area contributed by atoms with E-state index in [1.165, 1.54) is 0 Å². The van der Waals surface area contributed by atoms with E-state index in [1.807, 2.05) is 13.8 Å². The van der Waals surface area contributed by atoms with Crippen LogP contribution in [0.15, 0.2) is 24.3 Å². The molecule has 0 aliphatic rings. The van der Waals surface area contributed by atoms with E-state index in [9.17, 15) is 9.59 Å². The Morgan fingerprint density at radius 3 is 2.61 bits per heavy atom. The van der Waals surface area contributed by atoms with E-state index in [4.69, 9.17) is 10.5 Å². The fraction of sp³-hybridized carbons (Fsp3) is 0.385. The van der Waals surface area contributed by atoms with Gasteiger partial charge in [0.1, 0.15) is 6.61 Å². The van der Waals surface area contributed by atoms with Gasteiger partial charge in [-0.15, -0.1) is 0 Å². The minimum atomic E-state index is -0.435. The lowest BCUT2D eigenvalue weighted by atomic mass is 10.1. The second-order valence-electron chi connectivity index (χ2n) is 4.21. The Kier molecular flexibility index (Phi) is 5.32. The molecule has 1 rings (SSSR count). The molecular formula is C13H18N2O3. The molecule has 0 fully saturated rings. The van der Waals surface area contributed by atoms with Gasteiger partial charge in [0, 0.05) is 5.69 Å². The normalized spacial score (nSPS) is 10.4. The van der Waals surface area contributed by atoms with Crippen molar-refractivity contribution in [1.82, 2.24) is 0 Å². The van der Waals surface area contributed by atoms with Gasteiger partial charge >= 0.3 is 0 Å². The van der Waals surface area contributed by atoms with Crippen LogP contribution in [0.25, 0.3) is 0 Å². The summed E-state index contributed by atoms with van der Waals surface area (Å²) in [6.07, 6.45) is 0.0956. The van der Waals surface area contributed by atoms with Gasteiger partial charge in [-0.25, -0.2) is 0 Å². The summed E-state index contributed by atoms with van der Waals surface area (Å²) in [5, 5.41) is 2.70. The zero-order valence-electron chi connectivity index (χ0n) is 10.6. The molecule has 98 valence electrons. The fourth-order valence-corrected chi connectivity index (χ4v) is 1.41. The number of benzene rings is 1. The van der Waals surface area contributed by atoms with Gasteiger partial charge in [-0.2, -0.15) is 0 Å². The maximum atomic E-state index is 11.6. The molecule has 0 saturated heterocycles. The third kappa shape index (κ3) is 4.97. The molecule has 18 heavy (non-hydrogen) atoms. The summed E-state index contributed by atoms with van der Waals surface area (Å²) in [4.78, 5) is 22.5. The van der Waals surface area contributed by atoms with Crippen LogP contribution in [-0.4, -0.2) is 24.5 Å². The van der Waals surface area contributed by atoms with Crippen LogP contribution in [0, 0.1) is 0 Å². The maximum Gasteiger partial charge on any atom is 0.250 e.